The molecule has 2 aromatic carbocycles. The summed E-state index contributed by atoms with van der Waals surface area (Å²) in [4.78, 5) is 23.6. The second-order valence-corrected chi connectivity index (χ2v) is 6.69. The molecule has 142 valence electrons. The second-order valence-electron chi connectivity index (χ2n) is 6.69. The Kier molecular flexibility index (Phi) is 5.19. The zero-order chi connectivity index (χ0) is 19.3. The average Bonchev–Trinajstić information content (AvgIpc) is 3.29. The number of methoxy groups -OCH3 is 1. The standard InChI is InChI=1S/C22H22N4O2/c1-28-22(27)17-10-7-11-18(14-17)23-19-15-20(26-12-5-6-13-26)25-21(24-19)16-8-3-2-4-9-16/h2-4,7-11,14-15H,5-6,12-13H2,1H3,(H,23,24,25). The molecule has 28 heavy (non-hydrogen) atoms. The Morgan fingerprint density at radius 2 is 1.79 bits per heavy atom. The van der Waals surface area contributed by atoms with E-state index in [1.807, 2.05) is 48.5 Å². The number of benzene rings is 2. The highest BCUT2D eigenvalue weighted by atomic mass is 16.5. The van der Waals surface area contributed by atoms with Crippen molar-refractivity contribution in [2.24, 2.45) is 0 Å². The Morgan fingerprint density at radius 1 is 1.00 bits per heavy atom. The lowest BCUT2D eigenvalue weighted by Gasteiger charge is -2.18. The number of anilines is 3. The lowest BCUT2D eigenvalue weighted by atomic mass is 10.2. The fourth-order valence-electron chi connectivity index (χ4n) is 3.31. The highest BCUT2D eigenvalue weighted by molar-refractivity contribution is 5.90. The van der Waals surface area contributed by atoms with Gasteiger partial charge in [-0.15, -0.1) is 0 Å². The van der Waals surface area contributed by atoms with E-state index in [1.54, 1.807) is 12.1 Å². The lowest BCUT2D eigenvalue weighted by Crippen LogP contribution is -2.19. The fraction of sp³-hybridized carbons (Fsp3) is 0.227. The van der Waals surface area contributed by atoms with Gasteiger partial charge < -0.3 is 15.0 Å². The highest BCUT2D eigenvalue weighted by Gasteiger charge is 2.17. The first kappa shape index (κ1) is 18.0. The van der Waals surface area contributed by atoms with Crippen molar-refractivity contribution in [3.63, 3.8) is 0 Å². The van der Waals surface area contributed by atoms with Crippen LogP contribution in [0, 0.1) is 0 Å². The van der Waals surface area contributed by atoms with Gasteiger partial charge in [0.05, 0.1) is 12.7 Å². The van der Waals surface area contributed by atoms with E-state index in [0.29, 0.717) is 17.2 Å². The lowest BCUT2D eigenvalue weighted by molar-refractivity contribution is 0.0601. The van der Waals surface area contributed by atoms with Crippen LogP contribution in [0.3, 0.4) is 0 Å². The molecule has 0 bridgehead atoms. The van der Waals surface area contributed by atoms with Crippen LogP contribution in [-0.4, -0.2) is 36.1 Å². The molecule has 1 aliphatic rings. The van der Waals surface area contributed by atoms with Gasteiger partial charge in [0.1, 0.15) is 11.6 Å². The molecule has 0 saturated carbocycles. The number of carbonyl (C=O) groups is 1. The van der Waals surface area contributed by atoms with Gasteiger partial charge >= 0.3 is 5.97 Å². The van der Waals surface area contributed by atoms with E-state index >= 15 is 0 Å². The van der Waals surface area contributed by atoms with Crippen molar-refractivity contribution in [1.82, 2.24) is 9.97 Å². The topological polar surface area (TPSA) is 67.3 Å². The molecule has 1 aromatic heterocycles. The van der Waals surface area contributed by atoms with E-state index in [4.69, 9.17) is 14.7 Å². The molecular weight excluding hydrogens is 352 g/mol. The summed E-state index contributed by atoms with van der Waals surface area (Å²) in [7, 11) is 1.38. The van der Waals surface area contributed by atoms with E-state index in [0.717, 1.165) is 30.2 Å². The minimum Gasteiger partial charge on any atom is -0.465 e. The van der Waals surface area contributed by atoms with Crippen molar-refractivity contribution in [2.45, 2.75) is 12.8 Å². The van der Waals surface area contributed by atoms with Gasteiger partial charge in [-0.3, -0.25) is 0 Å². The summed E-state index contributed by atoms with van der Waals surface area (Å²) >= 11 is 0. The molecule has 1 N–H and O–H groups in total. The summed E-state index contributed by atoms with van der Waals surface area (Å²) in [6.07, 6.45) is 2.35. The Bertz CT molecular complexity index is 969. The number of esters is 1. The minimum atomic E-state index is -0.367. The number of hydrogen-bond acceptors (Lipinski definition) is 6. The summed E-state index contributed by atoms with van der Waals surface area (Å²) in [5.74, 6) is 1.92. The van der Waals surface area contributed by atoms with E-state index in [-0.39, 0.29) is 5.97 Å². The molecule has 1 fully saturated rings. The molecular formula is C22H22N4O2. The molecule has 2 heterocycles. The number of carbonyl (C=O) groups excluding carboxylic acids is 1. The van der Waals surface area contributed by atoms with Crippen molar-refractivity contribution >= 4 is 23.3 Å². The Labute approximate surface area is 164 Å². The average molecular weight is 374 g/mol. The third kappa shape index (κ3) is 3.96. The van der Waals surface area contributed by atoms with Crippen LogP contribution in [0.4, 0.5) is 17.3 Å². The van der Waals surface area contributed by atoms with Crippen LogP contribution in [0.1, 0.15) is 23.2 Å². The number of nitrogens with zero attached hydrogens (tertiary/aromatic N) is 3. The number of ether oxygens (including phenoxy) is 1. The maximum atomic E-state index is 11.8. The van der Waals surface area contributed by atoms with Gasteiger partial charge in [0.2, 0.25) is 0 Å². The zero-order valence-electron chi connectivity index (χ0n) is 15.8. The molecule has 0 atom stereocenters. The largest absolute Gasteiger partial charge is 0.465 e. The third-order valence-electron chi connectivity index (χ3n) is 4.73. The molecule has 0 aliphatic carbocycles. The zero-order valence-corrected chi connectivity index (χ0v) is 15.8. The Morgan fingerprint density at radius 3 is 2.54 bits per heavy atom. The molecule has 0 radical (unpaired) electrons. The van der Waals surface area contributed by atoms with Crippen molar-refractivity contribution in [3.8, 4) is 11.4 Å². The monoisotopic (exact) mass is 374 g/mol. The molecule has 1 aliphatic heterocycles. The van der Waals surface area contributed by atoms with Gasteiger partial charge in [-0.2, -0.15) is 0 Å². The van der Waals surface area contributed by atoms with Gasteiger partial charge in [-0.05, 0) is 31.0 Å². The minimum absolute atomic E-state index is 0.367. The molecule has 6 nitrogen and oxygen atoms in total. The van der Waals surface area contributed by atoms with Gasteiger partial charge in [0.15, 0.2) is 5.82 Å². The molecule has 0 amide bonds. The van der Waals surface area contributed by atoms with Crippen molar-refractivity contribution in [1.29, 1.82) is 0 Å². The summed E-state index contributed by atoms with van der Waals surface area (Å²) in [6, 6.07) is 19.1. The summed E-state index contributed by atoms with van der Waals surface area (Å²) in [5, 5.41) is 3.31. The maximum absolute atomic E-state index is 11.8. The van der Waals surface area contributed by atoms with Gasteiger partial charge in [0.25, 0.3) is 0 Å². The van der Waals surface area contributed by atoms with E-state index in [2.05, 4.69) is 10.2 Å². The van der Waals surface area contributed by atoms with Crippen molar-refractivity contribution < 1.29 is 9.53 Å². The summed E-state index contributed by atoms with van der Waals surface area (Å²) < 4.78 is 4.81. The first-order valence-corrected chi connectivity index (χ1v) is 9.38. The normalized spacial score (nSPS) is 13.4. The molecule has 6 heteroatoms. The van der Waals surface area contributed by atoms with E-state index in [1.165, 1.54) is 20.0 Å². The molecule has 0 unspecified atom stereocenters. The Hall–Kier alpha value is -3.41. The van der Waals surface area contributed by atoms with Crippen LogP contribution >= 0.6 is 0 Å². The Balaban J connectivity index is 1.70. The number of nitrogens with one attached hydrogen (secondary N) is 1. The molecule has 4 rings (SSSR count). The number of hydrogen-bond donors (Lipinski definition) is 1. The van der Waals surface area contributed by atoms with Crippen molar-refractivity contribution in [2.75, 3.05) is 30.4 Å². The van der Waals surface area contributed by atoms with E-state index in [9.17, 15) is 4.79 Å². The maximum Gasteiger partial charge on any atom is 0.337 e. The van der Waals surface area contributed by atoms with Crippen LogP contribution in [0.25, 0.3) is 11.4 Å². The van der Waals surface area contributed by atoms with Crippen LogP contribution < -0.4 is 10.2 Å². The van der Waals surface area contributed by atoms with Gasteiger partial charge in [0, 0.05) is 30.4 Å². The second kappa shape index (κ2) is 8.08. The first-order chi connectivity index (χ1) is 13.7. The summed E-state index contributed by atoms with van der Waals surface area (Å²) in [6.45, 7) is 2.00. The highest BCUT2D eigenvalue weighted by Crippen LogP contribution is 2.27. The fourth-order valence-corrected chi connectivity index (χ4v) is 3.31. The SMILES string of the molecule is COC(=O)c1cccc(Nc2cc(N3CCCC3)nc(-c3ccccc3)n2)c1. The van der Waals surface area contributed by atoms with Gasteiger partial charge in [-0.25, -0.2) is 14.8 Å². The molecule has 1 saturated heterocycles. The number of rotatable bonds is 5. The van der Waals surface area contributed by atoms with Crippen LogP contribution in [0.2, 0.25) is 0 Å². The van der Waals surface area contributed by atoms with Gasteiger partial charge in [-0.1, -0.05) is 36.4 Å². The predicted octanol–water partition coefficient (Wildman–Crippen LogP) is 4.27. The smallest absolute Gasteiger partial charge is 0.337 e. The third-order valence-corrected chi connectivity index (χ3v) is 4.73. The predicted molar refractivity (Wildman–Crippen MR) is 110 cm³/mol. The quantitative estimate of drug-likeness (QED) is 0.673. The summed E-state index contributed by atoms with van der Waals surface area (Å²) in [5.41, 5.74) is 2.23. The van der Waals surface area contributed by atoms with Crippen LogP contribution in [0.15, 0.2) is 60.7 Å². The first-order valence-electron chi connectivity index (χ1n) is 9.38. The molecule has 0 spiro atoms. The van der Waals surface area contributed by atoms with E-state index < -0.39 is 0 Å². The number of aromatic nitrogens is 2. The van der Waals surface area contributed by atoms with Crippen LogP contribution in [-0.2, 0) is 4.74 Å². The van der Waals surface area contributed by atoms with Crippen LogP contribution in [0.5, 0.6) is 0 Å². The molecule has 3 aromatic rings. The van der Waals surface area contributed by atoms with Crippen molar-refractivity contribution in [3.05, 3.63) is 66.2 Å².